The monoisotopic (exact) mass is 440 g/mol. The van der Waals surface area contributed by atoms with E-state index in [1.165, 1.54) is 29.5 Å². The van der Waals surface area contributed by atoms with Gasteiger partial charge >= 0.3 is 0 Å². The maximum atomic E-state index is 13.4. The molecule has 1 aliphatic rings. The summed E-state index contributed by atoms with van der Waals surface area (Å²) in [7, 11) is 0. The van der Waals surface area contributed by atoms with Crippen LogP contribution in [0.1, 0.15) is 24.0 Å². The van der Waals surface area contributed by atoms with Crippen molar-refractivity contribution in [2.45, 2.75) is 44.5 Å². The van der Waals surface area contributed by atoms with Crippen molar-refractivity contribution < 1.29 is 13.9 Å². The van der Waals surface area contributed by atoms with Crippen LogP contribution >= 0.6 is 11.8 Å². The van der Waals surface area contributed by atoms with E-state index in [0.717, 1.165) is 36.3 Å². The zero-order chi connectivity index (χ0) is 21.8. The second kappa shape index (κ2) is 9.62. The van der Waals surface area contributed by atoms with Crippen LogP contribution in [0.5, 0.6) is 0 Å². The number of aromatic nitrogens is 3. The summed E-state index contributed by atoms with van der Waals surface area (Å²) >= 11 is 1.33. The van der Waals surface area contributed by atoms with Gasteiger partial charge in [-0.2, -0.15) is 0 Å². The molecule has 1 N–H and O–H groups in total. The summed E-state index contributed by atoms with van der Waals surface area (Å²) in [6.45, 7) is 5.40. The lowest BCUT2D eigenvalue weighted by Crippen LogP contribution is -2.18. The van der Waals surface area contributed by atoms with Gasteiger partial charge in [-0.3, -0.25) is 9.36 Å². The van der Waals surface area contributed by atoms with E-state index >= 15 is 0 Å². The van der Waals surface area contributed by atoms with Crippen LogP contribution in [0, 0.1) is 19.7 Å². The summed E-state index contributed by atoms with van der Waals surface area (Å²) in [6, 6.07) is 12.0. The number of hydrogen-bond donors (Lipinski definition) is 1. The van der Waals surface area contributed by atoms with Crippen molar-refractivity contribution in [1.29, 1.82) is 0 Å². The van der Waals surface area contributed by atoms with Crippen LogP contribution in [0.3, 0.4) is 0 Å². The predicted molar refractivity (Wildman–Crippen MR) is 120 cm³/mol. The van der Waals surface area contributed by atoms with Crippen molar-refractivity contribution in [2.75, 3.05) is 17.7 Å². The van der Waals surface area contributed by atoms with Gasteiger partial charge in [0.15, 0.2) is 11.0 Å². The molecule has 3 aromatic rings. The van der Waals surface area contributed by atoms with Crippen molar-refractivity contribution in [1.82, 2.24) is 14.8 Å². The van der Waals surface area contributed by atoms with E-state index in [1.807, 2.05) is 36.6 Å². The topological polar surface area (TPSA) is 69.0 Å². The number of nitrogens with zero attached hydrogens (tertiary/aromatic N) is 3. The lowest BCUT2D eigenvalue weighted by molar-refractivity contribution is -0.113. The molecule has 6 nitrogen and oxygen atoms in total. The SMILES string of the molecule is Cc1ccc(NC(=O)CSc2nnc(-c3ccc(F)cc3)n2CC2CCCO2)cc1C. The molecule has 1 unspecified atom stereocenters. The molecule has 1 atom stereocenters. The lowest BCUT2D eigenvalue weighted by atomic mass is 10.1. The second-order valence-corrected chi connectivity index (χ2v) is 8.64. The zero-order valence-corrected chi connectivity index (χ0v) is 18.4. The highest BCUT2D eigenvalue weighted by molar-refractivity contribution is 7.99. The summed E-state index contributed by atoms with van der Waals surface area (Å²) in [6.07, 6.45) is 2.08. The third-order valence-electron chi connectivity index (χ3n) is 5.35. The van der Waals surface area contributed by atoms with Gasteiger partial charge in [-0.25, -0.2) is 4.39 Å². The Kier molecular flexibility index (Phi) is 6.67. The molecule has 0 aliphatic carbocycles. The van der Waals surface area contributed by atoms with Crippen LogP contribution in [-0.2, 0) is 16.1 Å². The second-order valence-electron chi connectivity index (χ2n) is 7.69. The molecule has 1 saturated heterocycles. The van der Waals surface area contributed by atoms with Gasteiger partial charge in [0.25, 0.3) is 0 Å². The Morgan fingerprint density at radius 1 is 1.19 bits per heavy atom. The van der Waals surface area contributed by atoms with Gasteiger partial charge in [0.1, 0.15) is 5.82 Å². The van der Waals surface area contributed by atoms with E-state index in [2.05, 4.69) is 15.5 Å². The highest BCUT2D eigenvalue weighted by Gasteiger charge is 2.22. The number of halogens is 1. The minimum Gasteiger partial charge on any atom is -0.376 e. The van der Waals surface area contributed by atoms with Gasteiger partial charge in [0.05, 0.1) is 18.4 Å². The zero-order valence-electron chi connectivity index (χ0n) is 17.6. The Bertz CT molecular complexity index is 1060. The van der Waals surface area contributed by atoms with Crippen LogP contribution in [-0.4, -0.2) is 39.1 Å². The number of nitrogens with one attached hydrogen (secondary N) is 1. The number of rotatable bonds is 7. The van der Waals surface area contributed by atoms with Crippen LogP contribution in [0.4, 0.5) is 10.1 Å². The number of hydrogen-bond acceptors (Lipinski definition) is 5. The quantitative estimate of drug-likeness (QED) is 0.544. The Hall–Kier alpha value is -2.71. The lowest BCUT2D eigenvalue weighted by Gasteiger charge is -2.15. The van der Waals surface area contributed by atoms with E-state index in [0.29, 0.717) is 17.5 Å². The molecule has 1 amide bonds. The standard InChI is InChI=1S/C23H25FN4O2S/c1-15-5-10-19(12-16(15)2)25-21(29)14-31-23-27-26-22(17-6-8-18(24)9-7-17)28(23)13-20-4-3-11-30-20/h5-10,12,20H,3-4,11,13-14H2,1-2H3,(H,25,29). The van der Waals surface area contributed by atoms with E-state index in [9.17, 15) is 9.18 Å². The number of carbonyl (C=O) groups excluding carboxylic acids is 1. The molecule has 0 spiro atoms. The molecule has 1 aromatic heterocycles. The summed E-state index contributed by atoms with van der Waals surface area (Å²) in [5.41, 5.74) is 3.87. The number of aryl methyl sites for hydroxylation is 2. The highest BCUT2D eigenvalue weighted by atomic mass is 32.2. The molecule has 31 heavy (non-hydrogen) atoms. The van der Waals surface area contributed by atoms with Crippen molar-refractivity contribution in [3.8, 4) is 11.4 Å². The molecule has 0 saturated carbocycles. The Morgan fingerprint density at radius 2 is 2.00 bits per heavy atom. The average Bonchev–Trinajstić information content (AvgIpc) is 3.40. The van der Waals surface area contributed by atoms with Gasteiger partial charge in [-0.15, -0.1) is 10.2 Å². The van der Waals surface area contributed by atoms with Gasteiger partial charge in [-0.05, 0) is 74.2 Å². The van der Waals surface area contributed by atoms with Gasteiger partial charge < -0.3 is 10.1 Å². The predicted octanol–water partition coefficient (Wildman–Crippen LogP) is 4.61. The van der Waals surface area contributed by atoms with Crippen molar-refractivity contribution >= 4 is 23.4 Å². The molecule has 1 fully saturated rings. The molecule has 2 aromatic carbocycles. The smallest absolute Gasteiger partial charge is 0.234 e. The maximum Gasteiger partial charge on any atom is 0.234 e. The Labute approximate surface area is 185 Å². The average molecular weight is 441 g/mol. The first-order chi connectivity index (χ1) is 15.0. The summed E-state index contributed by atoms with van der Waals surface area (Å²) in [5.74, 6) is 0.447. The summed E-state index contributed by atoms with van der Waals surface area (Å²) < 4.78 is 21.1. The van der Waals surface area contributed by atoms with Crippen molar-refractivity contribution in [2.24, 2.45) is 0 Å². The molecule has 8 heteroatoms. The fourth-order valence-corrected chi connectivity index (χ4v) is 4.26. The van der Waals surface area contributed by atoms with Gasteiger partial charge in [-0.1, -0.05) is 17.8 Å². The number of anilines is 1. The first-order valence-electron chi connectivity index (χ1n) is 10.3. The Balaban J connectivity index is 1.49. The first-order valence-corrected chi connectivity index (χ1v) is 11.3. The highest BCUT2D eigenvalue weighted by Crippen LogP contribution is 2.27. The summed E-state index contributed by atoms with van der Waals surface area (Å²) in [4.78, 5) is 12.5. The van der Waals surface area contributed by atoms with Crippen molar-refractivity contribution in [3.05, 3.63) is 59.4 Å². The molecular weight excluding hydrogens is 415 g/mol. The fraction of sp³-hybridized carbons (Fsp3) is 0.348. The van der Waals surface area contributed by atoms with E-state index < -0.39 is 0 Å². The fourth-order valence-electron chi connectivity index (χ4n) is 3.51. The number of benzene rings is 2. The molecule has 0 bridgehead atoms. The number of carbonyl (C=O) groups is 1. The van der Waals surface area contributed by atoms with Crippen LogP contribution in [0.2, 0.25) is 0 Å². The largest absolute Gasteiger partial charge is 0.376 e. The molecule has 162 valence electrons. The Morgan fingerprint density at radius 3 is 2.71 bits per heavy atom. The van der Waals surface area contributed by atoms with Crippen LogP contribution in [0.15, 0.2) is 47.6 Å². The third kappa shape index (κ3) is 5.32. The first kappa shape index (κ1) is 21.5. The van der Waals surface area contributed by atoms with Gasteiger partial charge in [0, 0.05) is 17.9 Å². The third-order valence-corrected chi connectivity index (χ3v) is 6.32. The van der Waals surface area contributed by atoms with Gasteiger partial charge in [0.2, 0.25) is 5.91 Å². The minimum atomic E-state index is -0.299. The van der Waals surface area contributed by atoms with Crippen LogP contribution in [0.25, 0.3) is 11.4 Å². The van der Waals surface area contributed by atoms with E-state index in [-0.39, 0.29) is 23.6 Å². The van der Waals surface area contributed by atoms with Crippen molar-refractivity contribution in [3.63, 3.8) is 0 Å². The molecule has 0 radical (unpaired) electrons. The minimum absolute atomic E-state index is 0.0823. The summed E-state index contributed by atoms with van der Waals surface area (Å²) in [5, 5.41) is 12.2. The number of ether oxygens (including phenoxy) is 1. The molecule has 4 rings (SSSR count). The molecule has 1 aliphatic heterocycles. The number of amides is 1. The van der Waals surface area contributed by atoms with E-state index in [1.54, 1.807) is 12.1 Å². The molecular formula is C23H25FN4O2S. The number of thioether (sulfide) groups is 1. The normalized spacial score (nSPS) is 15.9. The van der Waals surface area contributed by atoms with E-state index in [4.69, 9.17) is 4.74 Å². The molecule has 2 heterocycles. The maximum absolute atomic E-state index is 13.4. The van der Waals surface area contributed by atoms with Crippen LogP contribution < -0.4 is 5.32 Å².